The van der Waals surface area contributed by atoms with Gasteiger partial charge in [-0.3, -0.25) is 10.1 Å². The Kier molecular flexibility index (Phi) is 6.78. The van der Waals surface area contributed by atoms with Crippen LogP contribution < -0.4 is 15.4 Å². The molecule has 1 aliphatic heterocycles. The minimum atomic E-state index is -3.72. The molecule has 0 saturated carbocycles. The predicted octanol–water partition coefficient (Wildman–Crippen LogP) is 2.40. The molecule has 166 valence electrons. The first-order valence-corrected chi connectivity index (χ1v) is 12.3. The van der Waals surface area contributed by atoms with Gasteiger partial charge in [-0.15, -0.1) is 0 Å². The van der Waals surface area contributed by atoms with Crippen molar-refractivity contribution in [3.8, 4) is 6.07 Å². The van der Waals surface area contributed by atoms with Gasteiger partial charge in [-0.2, -0.15) is 5.26 Å². The maximum atomic E-state index is 12.6. The highest BCUT2D eigenvalue weighted by Crippen LogP contribution is 2.30. The van der Waals surface area contributed by atoms with Gasteiger partial charge in [0.25, 0.3) is 5.91 Å². The van der Waals surface area contributed by atoms with Crippen LogP contribution in [0.2, 0.25) is 0 Å². The number of carbonyl (C=O) groups excluding carboxylic acids is 1. The molecule has 2 heterocycles. The molecule has 3 N–H and O–H groups in total. The number of thiazole rings is 1. The van der Waals surface area contributed by atoms with Crippen LogP contribution >= 0.6 is 11.3 Å². The van der Waals surface area contributed by atoms with E-state index in [9.17, 15) is 13.2 Å². The molecule has 4 rings (SSSR count). The van der Waals surface area contributed by atoms with Crippen molar-refractivity contribution in [2.45, 2.75) is 17.4 Å². The highest BCUT2D eigenvalue weighted by atomic mass is 32.2. The van der Waals surface area contributed by atoms with Crippen LogP contribution in [0.4, 0.5) is 5.13 Å². The van der Waals surface area contributed by atoms with E-state index in [1.54, 1.807) is 0 Å². The van der Waals surface area contributed by atoms with Gasteiger partial charge in [0, 0.05) is 31.6 Å². The Morgan fingerprint density at radius 1 is 1.28 bits per heavy atom. The minimum absolute atomic E-state index is 0.00234. The molecule has 3 aromatic rings. The second-order valence-electron chi connectivity index (χ2n) is 7.09. The molecule has 9 nitrogen and oxygen atoms in total. The number of hydrogen-bond donors (Lipinski definition) is 3. The summed E-state index contributed by atoms with van der Waals surface area (Å²) in [6.45, 7) is 2.31. The van der Waals surface area contributed by atoms with Gasteiger partial charge in [0.1, 0.15) is 0 Å². The standard InChI is InChI=1S/C21H21N5O4S2/c22-8-1-9-24-32(28,29)16-5-2-14(3-6-16)20(27)26-21-25-17-7-4-15(12-19(17)31-21)18-13-23-10-11-30-18/h2-7,12,18,23-24H,1,9-11,13H2,(H,25,26,27). The molecule has 2 aromatic carbocycles. The van der Waals surface area contributed by atoms with Crippen molar-refractivity contribution < 1.29 is 17.9 Å². The average molecular weight is 472 g/mol. The summed E-state index contributed by atoms with van der Waals surface area (Å²) in [5, 5.41) is 15.1. The number of anilines is 1. The van der Waals surface area contributed by atoms with E-state index >= 15 is 0 Å². The molecule has 1 saturated heterocycles. The van der Waals surface area contributed by atoms with E-state index in [1.807, 2.05) is 24.3 Å². The van der Waals surface area contributed by atoms with Gasteiger partial charge in [-0.1, -0.05) is 17.4 Å². The summed E-state index contributed by atoms with van der Waals surface area (Å²) >= 11 is 1.37. The lowest BCUT2D eigenvalue weighted by atomic mass is 10.1. The van der Waals surface area contributed by atoms with Gasteiger partial charge >= 0.3 is 0 Å². The van der Waals surface area contributed by atoms with E-state index in [0.717, 1.165) is 28.9 Å². The fourth-order valence-electron chi connectivity index (χ4n) is 3.25. The van der Waals surface area contributed by atoms with E-state index in [2.05, 4.69) is 20.3 Å². The van der Waals surface area contributed by atoms with E-state index in [0.29, 0.717) is 17.3 Å². The Balaban J connectivity index is 1.44. The molecule has 1 aromatic heterocycles. The molecule has 1 fully saturated rings. The third-order valence-electron chi connectivity index (χ3n) is 4.89. The average Bonchev–Trinajstić information content (AvgIpc) is 3.21. The van der Waals surface area contributed by atoms with Gasteiger partial charge in [0.15, 0.2) is 5.13 Å². The van der Waals surface area contributed by atoms with E-state index < -0.39 is 10.0 Å². The summed E-state index contributed by atoms with van der Waals surface area (Å²) in [4.78, 5) is 17.1. The van der Waals surface area contributed by atoms with Gasteiger partial charge in [0.05, 0.1) is 33.9 Å². The lowest BCUT2D eigenvalue weighted by Crippen LogP contribution is -2.33. The lowest BCUT2D eigenvalue weighted by molar-refractivity contribution is 0.0278. The SMILES string of the molecule is N#CCCNS(=O)(=O)c1ccc(C(=O)Nc2nc3ccc(C4CNCCO4)cc3s2)cc1. The quantitative estimate of drug-likeness (QED) is 0.451. The third kappa shape index (κ3) is 5.12. The second kappa shape index (κ2) is 9.72. The molecular weight excluding hydrogens is 450 g/mol. The van der Waals surface area contributed by atoms with Crippen molar-refractivity contribution in [3.05, 3.63) is 53.6 Å². The maximum absolute atomic E-state index is 12.6. The molecule has 1 unspecified atom stereocenters. The molecule has 11 heteroatoms. The Hall–Kier alpha value is -2.88. The number of ether oxygens (including phenoxy) is 1. The van der Waals surface area contributed by atoms with Gasteiger partial charge in [0.2, 0.25) is 10.0 Å². The Labute approximate surface area is 189 Å². The summed E-state index contributed by atoms with van der Waals surface area (Å²) in [6, 6.07) is 13.4. The molecule has 1 aliphatic rings. The number of morpholine rings is 1. The fraction of sp³-hybridized carbons (Fsp3) is 0.286. The summed E-state index contributed by atoms with van der Waals surface area (Å²) < 4.78 is 33.4. The Morgan fingerprint density at radius 2 is 2.09 bits per heavy atom. The number of aromatic nitrogens is 1. The zero-order valence-electron chi connectivity index (χ0n) is 17.0. The zero-order valence-corrected chi connectivity index (χ0v) is 18.6. The monoisotopic (exact) mass is 471 g/mol. The summed E-state index contributed by atoms with van der Waals surface area (Å²) in [5.74, 6) is -0.384. The van der Waals surface area contributed by atoms with Crippen LogP contribution in [0.3, 0.4) is 0 Å². The smallest absolute Gasteiger partial charge is 0.257 e. The first-order chi connectivity index (χ1) is 15.5. The number of nitrogens with one attached hydrogen (secondary N) is 3. The van der Waals surface area contributed by atoms with Crippen molar-refractivity contribution >= 4 is 42.6 Å². The number of nitrogens with zero attached hydrogens (tertiary/aromatic N) is 2. The Bertz CT molecular complexity index is 1260. The van der Waals surface area contributed by atoms with Crippen LogP contribution in [0.1, 0.15) is 28.4 Å². The van der Waals surface area contributed by atoms with E-state index in [-0.39, 0.29) is 29.9 Å². The van der Waals surface area contributed by atoms with Gasteiger partial charge in [-0.05, 0) is 42.0 Å². The summed E-state index contributed by atoms with van der Waals surface area (Å²) in [5.41, 5.74) is 2.15. The number of carbonyl (C=O) groups is 1. The van der Waals surface area contributed by atoms with Crippen molar-refractivity contribution in [2.75, 3.05) is 31.6 Å². The number of nitriles is 1. The van der Waals surface area contributed by atoms with Crippen LogP contribution in [0.15, 0.2) is 47.4 Å². The van der Waals surface area contributed by atoms with Crippen molar-refractivity contribution in [2.24, 2.45) is 0 Å². The van der Waals surface area contributed by atoms with Crippen molar-refractivity contribution in [3.63, 3.8) is 0 Å². The second-order valence-corrected chi connectivity index (χ2v) is 9.89. The van der Waals surface area contributed by atoms with Gasteiger partial charge in [-0.25, -0.2) is 18.1 Å². The number of fused-ring (bicyclic) bond motifs is 1. The third-order valence-corrected chi connectivity index (χ3v) is 7.30. The van der Waals surface area contributed by atoms with E-state index in [4.69, 9.17) is 10.00 Å². The summed E-state index contributed by atoms with van der Waals surface area (Å²) in [6.07, 6.45) is 0.0750. The first-order valence-electron chi connectivity index (χ1n) is 9.97. The maximum Gasteiger partial charge on any atom is 0.257 e. The lowest BCUT2D eigenvalue weighted by Gasteiger charge is -2.23. The molecule has 1 amide bonds. The van der Waals surface area contributed by atoms with Gasteiger partial charge < -0.3 is 10.1 Å². The van der Waals surface area contributed by atoms with Crippen LogP contribution in [0, 0.1) is 11.3 Å². The molecule has 32 heavy (non-hydrogen) atoms. The molecule has 0 spiro atoms. The number of amides is 1. The van der Waals surface area contributed by atoms with Crippen molar-refractivity contribution in [1.82, 2.24) is 15.0 Å². The number of hydrogen-bond acceptors (Lipinski definition) is 8. The number of sulfonamides is 1. The van der Waals surface area contributed by atoms with Crippen molar-refractivity contribution in [1.29, 1.82) is 5.26 Å². The number of rotatable bonds is 7. The minimum Gasteiger partial charge on any atom is -0.371 e. The zero-order chi connectivity index (χ0) is 22.6. The molecule has 0 bridgehead atoms. The van der Waals surface area contributed by atoms with Crippen LogP contribution in [-0.2, 0) is 14.8 Å². The Morgan fingerprint density at radius 3 is 2.81 bits per heavy atom. The highest BCUT2D eigenvalue weighted by molar-refractivity contribution is 7.89. The normalized spacial score (nSPS) is 16.5. The fourth-order valence-corrected chi connectivity index (χ4v) is 5.19. The molecule has 1 atom stereocenters. The molecule has 0 aliphatic carbocycles. The van der Waals surface area contributed by atoms with E-state index in [1.165, 1.54) is 35.6 Å². The largest absolute Gasteiger partial charge is 0.371 e. The van der Waals surface area contributed by atoms with Crippen LogP contribution in [0.25, 0.3) is 10.2 Å². The summed E-state index contributed by atoms with van der Waals surface area (Å²) in [7, 11) is -3.72. The number of benzene rings is 2. The van der Waals surface area contributed by atoms with Crippen LogP contribution in [0.5, 0.6) is 0 Å². The molecular formula is C21H21N5O4S2. The predicted molar refractivity (Wildman–Crippen MR) is 121 cm³/mol. The highest BCUT2D eigenvalue weighted by Gasteiger charge is 2.18. The first kappa shape index (κ1) is 22.3. The van der Waals surface area contributed by atoms with Crippen LogP contribution in [-0.4, -0.2) is 45.6 Å². The molecule has 0 radical (unpaired) electrons. The topological polar surface area (TPSA) is 133 Å².